The number of alkyl halides is 2. The van der Waals surface area contributed by atoms with Crippen LogP contribution in [-0.2, 0) is 4.79 Å². The van der Waals surface area contributed by atoms with Crippen molar-refractivity contribution in [3.8, 4) is 23.3 Å². The lowest BCUT2D eigenvalue weighted by atomic mass is 10.1. The molecule has 5 nitrogen and oxygen atoms in total. The van der Waals surface area contributed by atoms with E-state index in [0.29, 0.717) is 22.6 Å². The maximum atomic E-state index is 12.5. The van der Waals surface area contributed by atoms with Crippen LogP contribution in [0.4, 0.5) is 14.5 Å². The first-order valence-corrected chi connectivity index (χ1v) is 8.65. The van der Waals surface area contributed by atoms with E-state index < -0.39 is 12.5 Å². The zero-order valence-electron chi connectivity index (χ0n) is 15.2. The monoisotopic (exact) mass is 419 g/mol. The van der Waals surface area contributed by atoms with Gasteiger partial charge in [0.1, 0.15) is 6.61 Å². The lowest BCUT2D eigenvalue weighted by molar-refractivity contribution is -0.111. The summed E-state index contributed by atoms with van der Waals surface area (Å²) in [5.41, 5.74) is 1.05. The van der Waals surface area contributed by atoms with Crippen molar-refractivity contribution in [1.29, 1.82) is 0 Å². The van der Waals surface area contributed by atoms with Gasteiger partial charge in [-0.25, -0.2) is 0 Å². The van der Waals surface area contributed by atoms with Crippen molar-refractivity contribution < 1.29 is 27.8 Å². The van der Waals surface area contributed by atoms with Crippen molar-refractivity contribution in [3.05, 3.63) is 58.6 Å². The number of anilines is 1. The molecule has 8 heteroatoms. The Hall–Kier alpha value is -3.37. The topological polar surface area (TPSA) is 64.6 Å². The van der Waals surface area contributed by atoms with Crippen LogP contribution in [0.3, 0.4) is 0 Å². The first-order valence-electron chi connectivity index (χ1n) is 8.28. The minimum Gasteiger partial charge on any atom is -0.477 e. The molecule has 0 saturated carbocycles. The van der Waals surface area contributed by atoms with E-state index in [2.05, 4.69) is 21.9 Å². The van der Waals surface area contributed by atoms with Crippen LogP contribution in [-0.4, -0.2) is 25.4 Å². The van der Waals surface area contributed by atoms with Crippen molar-refractivity contribution in [1.82, 2.24) is 0 Å². The number of hydrogen-bond acceptors (Lipinski definition) is 4. The summed E-state index contributed by atoms with van der Waals surface area (Å²) in [5.74, 6) is 4.70. The third-order valence-electron chi connectivity index (χ3n) is 3.49. The van der Waals surface area contributed by atoms with Crippen LogP contribution >= 0.6 is 11.6 Å². The molecule has 0 aliphatic rings. The van der Waals surface area contributed by atoms with Gasteiger partial charge in [0.05, 0.1) is 5.69 Å². The summed E-state index contributed by atoms with van der Waals surface area (Å²) in [6, 6.07) is 8.71. The van der Waals surface area contributed by atoms with Crippen LogP contribution in [0.1, 0.15) is 22.8 Å². The van der Waals surface area contributed by atoms with E-state index in [0.717, 1.165) is 0 Å². The van der Waals surface area contributed by atoms with Gasteiger partial charge in [0.2, 0.25) is 5.91 Å². The number of hydrogen-bond donors (Lipinski definition) is 1. The molecule has 0 spiro atoms. The molecule has 0 radical (unpaired) electrons. The highest BCUT2D eigenvalue weighted by Gasteiger charge is 2.11. The van der Waals surface area contributed by atoms with E-state index in [1.807, 2.05) is 0 Å². The molecule has 0 bridgehead atoms. The van der Waals surface area contributed by atoms with E-state index in [4.69, 9.17) is 16.3 Å². The quantitative estimate of drug-likeness (QED) is 0.379. The largest absolute Gasteiger partial charge is 0.477 e. The van der Waals surface area contributed by atoms with Crippen LogP contribution in [0.2, 0.25) is 5.02 Å². The van der Waals surface area contributed by atoms with E-state index in [9.17, 15) is 18.4 Å². The number of amides is 1. The van der Waals surface area contributed by atoms with Gasteiger partial charge in [-0.1, -0.05) is 23.6 Å². The predicted octanol–water partition coefficient (Wildman–Crippen LogP) is 4.81. The van der Waals surface area contributed by atoms with Crippen molar-refractivity contribution >= 4 is 35.6 Å². The molecule has 2 aromatic rings. The second-order valence-corrected chi connectivity index (χ2v) is 5.91. The Morgan fingerprint density at radius 1 is 1.24 bits per heavy atom. The average Bonchev–Trinajstić information content (AvgIpc) is 2.69. The summed E-state index contributed by atoms with van der Waals surface area (Å²) in [5, 5.41) is 2.93. The molecule has 150 valence electrons. The maximum Gasteiger partial charge on any atom is 0.387 e. The normalized spacial score (nSPS) is 10.4. The number of nitrogens with one attached hydrogen (secondary N) is 1. The van der Waals surface area contributed by atoms with Gasteiger partial charge in [0, 0.05) is 16.7 Å². The smallest absolute Gasteiger partial charge is 0.387 e. The Bertz CT molecular complexity index is 980. The lowest BCUT2D eigenvalue weighted by Crippen LogP contribution is -2.09. The zero-order chi connectivity index (χ0) is 21.2. The van der Waals surface area contributed by atoms with Gasteiger partial charge in [-0.3, -0.25) is 9.59 Å². The number of halogens is 3. The molecule has 1 N–H and O–H groups in total. The van der Waals surface area contributed by atoms with Crippen molar-refractivity contribution in [2.45, 2.75) is 13.5 Å². The predicted molar refractivity (Wildman–Crippen MR) is 107 cm³/mol. The minimum absolute atomic E-state index is 0.00517. The first-order chi connectivity index (χ1) is 13.9. The Kier molecular flexibility index (Phi) is 8.19. The van der Waals surface area contributed by atoms with E-state index in [-0.39, 0.29) is 23.7 Å². The lowest BCUT2D eigenvalue weighted by Gasteiger charge is -2.11. The molecule has 0 atom stereocenters. The Labute approximate surface area is 171 Å². The molecule has 0 aromatic heterocycles. The third-order valence-corrected chi connectivity index (χ3v) is 3.72. The Morgan fingerprint density at radius 3 is 2.72 bits per heavy atom. The fraction of sp³-hybridized carbons (Fsp3) is 0.143. The van der Waals surface area contributed by atoms with E-state index in [1.54, 1.807) is 13.0 Å². The van der Waals surface area contributed by atoms with Crippen LogP contribution in [0.25, 0.3) is 6.08 Å². The number of carbonyl (C=O) groups excluding carboxylic acids is 2. The number of rotatable bonds is 8. The van der Waals surface area contributed by atoms with Crippen LogP contribution < -0.4 is 14.8 Å². The van der Waals surface area contributed by atoms with Gasteiger partial charge in [-0.2, -0.15) is 8.78 Å². The van der Waals surface area contributed by atoms with Crippen LogP contribution in [0.15, 0.2) is 42.5 Å². The van der Waals surface area contributed by atoms with Crippen molar-refractivity contribution in [2.24, 2.45) is 0 Å². The number of carbonyl (C=O) groups is 2. The average molecular weight is 420 g/mol. The molecule has 0 aliphatic carbocycles. The fourth-order valence-electron chi connectivity index (χ4n) is 2.21. The van der Waals surface area contributed by atoms with E-state index >= 15 is 0 Å². The summed E-state index contributed by atoms with van der Waals surface area (Å²) in [6.45, 7) is -1.39. The Morgan fingerprint density at radius 2 is 2.03 bits per heavy atom. The summed E-state index contributed by atoms with van der Waals surface area (Å²) in [4.78, 5) is 23.2. The molecule has 0 aliphatic heterocycles. The van der Waals surface area contributed by atoms with Gasteiger partial charge in [0.15, 0.2) is 17.8 Å². The highest BCUT2D eigenvalue weighted by Crippen LogP contribution is 2.30. The van der Waals surface area contributed by atoms with Gasteiger partial charge in [-0.05, 0) is 48.9 Å². The second kappa shape index (κ2) is 10.8. The zero-order valence-corrected chi connectivity index (χ0v) is 16.0. The SMILES string of the molecule is CC#CCOc1cc(/C=C/C(=O)Nc2ccc(Cl)cc2C=O)ccc1OC(F)F. The van der Waals surface area contributed by atoms with Gasteiger partial charge >= 0.3 is 6.61 Å². The van der Waals surface area contributed by atoms with Crippen LogP contribution in [0.5, 0.6) is 11.5 Å². The molecule has 0 saturated heterocycles. The van der Waals surface area contributed by atoms with Gasteiger partial charge in [0.25, 0.3) is 0 Å². The first kappa shape index (κ1) is 21.9. The van der Waals surface area contributed by atoms with Crippen molar-refractivity contribution in [2.75, 3.05) is 11.9 Å². The number of benzene rings is 2. The van der Waals surface area contributed by atoms with Crippen LogP contribution in [0, 0.1) is 11.8 Å². The molecule has 2 rings (SSSR count). The molecule has 0 unspecified atom stereocenters. The second-order valence-electron chi connectivity index (χ2n) is 5.47. The summed E-state index contributed by atoms with van der Waals surface area (Å²) in [7, 11) is 0. The standard InChI is InChI=1S/C21H16ClF2NO4/c1-2-3-10-28-19-11-14(4-8-18(19)29-21(23)24)5-9-20(27)25-17-7-6-16(22)12-15(17)13-26/h4-9,11-13,21H,10H2,1H3,(H,25,27)/b9-5+. The third kappa shape index (κ3) is 6.94. The molecule has 1 amide bonds. The molecule has 29 heavy (non-hydrogen) atoms. The highest BCUT2D eigenvalue weighted by molar-refractivity contribution is 6.31. The molecule has 0 heterocycles. The molecular weight excluding hydrogens is 404 g/mol. The molecule has 2 aromatic carbocycles. The molecular formula is C21H16ClF2NO4. The number of aldehydes is 1. The van der Waals surface area contributed by atoms with Gasteiger partial charge in [-0.15, -0.1) is 5.92 Å². The molecule has 0 fully saturated rings. The summed E-state index contributed by atoms with van der Waals surface area (Å²) in [6.07, 6.45) is 3.26. The van der Waals surface area contributed by atoms with E-state index in [1.165, 1.54) is 42.5 Å². The Balaban J connectivity index is 2.15. The highest BCUT2D eigenvalue weighted by atomic mass is 35.5. The van der Waals surface area contributed by atoms with Gasteiger partial charge < -0.3 is 14.8 Å². The van der Waals surface area contributed by atoms with Crippen molar-refractivity contribution in [3.63, 3.8) is 0 Å². The minimum atomic E-state index is -3.01. The summed E-state index contributed by atoms with van der Waals surface area (Å²) >= 11 is 5.81. The number of ether oxygens (including phenoxy) is 2. The summed E-state index contributed by atoms with van der Waals surface area (Å²) < 4.78 is 34.8. The maximum absolute atomic E-state index is 12.5. The fourth-order valence-corrected chi connectivity index (χ4v) is 2.39.